The number of hydrogen-bond donors (Lipinski definition) is 7. The molecular formula is C15H25N5O8. The molecule has 158 valence electrons. The predicted molar refractivity (Wildman–Crippen MR) is 93.5 cm³/mol. The maximum Gasteiger partial charge on any atom is 0.322 e. The van der Waals surface area contributed by atoms with Gasteiger partial charge in [-0.3, -0.25) is 28.8 Å². The van der Waals surface area contributed by atoms with Gasteiger partial charge in [0, 0.05) is 12.8 Å². The highest BCUT2D eigenvalue weighted by Crippen LogP contribution is 2.00. The molecule has 13 heteroatoms. The van der Waals surface area contributed by atoms with Crippen molar-refractivity contribution in [2.75, 3.05) is 6.54 Å². The van der Waals surface area contributed by atoms with E-state index in [1.165, 1.54) is 6.92 Å². The van der Waals surface area contributed by atoms with Gasteiger partial charge in [-0.25, -0.2) is 0 Å². The van der Waals surface area contributed by atoms with Gasteiger partial charge in [-0.2, -0.15) is 0 Å². The number of amides is 4. The number of carboxylic acids is 2. The minimum atomic E-state index is -1.32. The summed E-state index contributed by atoms with van der Waals surface area (Å²) in [6, 6.07) is -3.53. The third-order valence-corrected chi connectivity index (χ3v) is 3.48. The first-order valence-corrected chi connectivity index (χ1v) is 8.30. The summed E-state index contributed by atoms with van der Waals surface area (Å²) in [5, 5.41) is 23.9. The van der Waals surface area contributed by atoms with Crippen LogP contribution in [0, 0.1) is 0 Å². The first kappa shape index (κ1) is 24.8. The lowest BCUT2D eigenvalue weighted by Gasteiger charge is -2.21. The Morgan fingerprint density at radius 3 is 1.96 bits per heavy atom. The number of hydrogen-bond acceptors (Lipinski definition) is 7. The SMILES string of the molecule is CC(NC(=O)C(N)CCC(N)=O)C(=O)NC(CCC(=O)O)C(=O)NCC(=O)O. The summed E-state index contributed by atoms with van der Waals surface area (Å²) in [7, 11) is 0. The van der Waals surface area contributed by atoms with Gasteiger partial charge in [0.25, 0.3) is 0 Å². The number of nitrogens with one attached hydrogen (secondary N) is 3. The standard InChI is InChI=1S/C15H25N5O8/c1-7(19-14(27)8(16)2-4-10(17)21)13(26)20-9(3-5-11(22)23)15(28)18-6-12(24)25/h7-9H,2-6,16H2,1H3,(H2,17,21)(H,18,28)(H,19,27)(H,20,26)(H,22,23)(H,24,25). The third-order valence-electron chi connectivity index (χ3n) is 3.48. The summed E-state index contributed by atoms with van der Waals surface area (Å²) in [5.74, 6) is -5.58. The number of primary amides is 1. The maximum absolute atomic E-state index is 12.2. The van der Waals surface area contributed by atoms with Crippen LogP contribution in [-0.4, -0.2) is 70.5 Å². The van der Waals surface area contributed by atoms with Gasteiger partial charge in [0.1, 0.15) is 18.6 Å². The van der Waals surface area contributed by atoms with E-state index >= 15 is 0 Å². The molecule has 4 amide bonds. The Kier molecular flexibility index (Phi) is 10.8. The molecule has 0 radical (unpaired) electrons. The minimum Gasteiger partial charge on any atom is -0.481 e. The molecule has 0 fully saturated rings. The highest BCUT2D eigenvalue weighted by Gasteiger charge is 2.26. The topological polar surface area (TPSA) is 231 Å². The number of rotatable bonds is 13. The molecule has 0 saturated heterocycles. The van der Waals surface area contributed by atoms with E-state index in [0.717, 1.165) is 0 Å². The smallest absolute Gasteiger partial charge is 0.322 e. The Bertz CT molecular complexity index is 624. The lowest BCUT2D eigenvalue weighted by molar-refractivity contribution is -0.140. The van der Waals surface area contributed by atoms with Crippen LogP contribution >= 0.6 is 0 Å². The van der Waals surface area contributed by atoms with Crippen molar-refractivity contribution in [2.45, 2.75) is 50.7 Å². The molecule has 0 bridgehead atoms. The van der Waals surface area contributed by atoms with Gasteiger partial charge < -0.3 is 37.6 Å². The quantitative estimate of drug-likeness (QED) is 0.162. The maximum atomic E-state index is 12.2. The zero-order valence-corrected chi connectivity index (χ0v) is 15.3. The Morgan fingerprint density at radius 1 is 0.857 bits per heavy atom. The second-order valence-corrected chi connectivity index (χ2v) is 5.95. The first-order valence-electron chi connectivity index (χ1n) is 8.30. The average Bonchev–Trinajstić information content (AvgIpc) is 2.60. The molecule has 9 N–H and O–H groups in total. The van der Waals surface area contributed by atoms with E-state index < -0.39 is 66.7 Å². The number of aliphatic carboxylic acids is 2. The van der Waals surface area contributed by atoms with Crippen molar-refractivity contribution < 1.29 is 39.0 Å². The summed E-state index contributed by atoms with van der Waals surface area (Å²) in [6.45, 7) is 0.594. The van der Waals surface area contributed by atoms with Crippen LogP contribution in [0.4, 0.5) is 0 Å². The molecule has 0 aromatic heterocycles. The van der Waals surface area contributed by atoms with E-state index in [0.29, 0.717) is 0 Å². The molecule has 0 rings (SSSR count). The first-order chi connectivity index (χ1) is 12.9. The van der Waals surface area contributed by atoms with Crippen LogP contribution in [0.2, 0.25) is 0 Å². The summed E-state index contributed by atoms with van der Waals surface area (Å²) in [4.78, 5) is 68.0. The van der Waals surface area contributed by atoms with E-state index in [9.17, 15) is 28.8 Å². The fourth-order valence-corrected chi connectivity index (χ4v) is 1.93. The summed E-state index contributed by atoms with van der Waals surface area (Å²) < 4.78 is 0. The van der Waals surface area contributed by atoms with Crippen LogP contribution in [0.15, 0.2) is 0 Å². The van der Waals surface area contributed by atoms with E-state index in [4.69, 9.17) is 21.7 Å². The highest BCUT2D eigenvalue weighted by atomic mass is 16.4. The Morgan fingerprint density at radius 2 is 1.46 bits per heavy atom. The molecule has 0 heterocycles. The largest absolute Gasteiger partial charge is 0.481 e. The van der Waals surface area contributed by atoms with Crippen LogP contribution in [0.25, 0.3) is 0 Å². The van der Waals surface area contributed by atoms with Crippen molar-refractivity contribution in [1.29, 1.82) is 0 Å². The molecule has 0 aliphatic carbocycles. The van der Waals surface area contributed by atoms with Crippen LogP contribution in [0.5, 0.6) is 0 Å². The lowest BCUT2D eigenvalue weighted by Crippen LogP contribution is -2.55. The van der Waals surface area contributed by atoms with E-state index in [1.807, 2.05) is 5.32 Å². The van der Waals surface area contributed by atoms with Crippen LogP contribution < -0.4 is 27.4 Å². The summed E-state index contributed by atoms with van der Waals surface area (Å²) >= 11 is 0. The van der Waals surface area contributed by atoms with Crippen molar-refractivity contribution in [3.8, 4) is 0 Å². The van der Waals surface area contributed by atoms with Gasteiger partial charge in [-0.15, -0.1) is 0 Å². The predicted octanol–water partition coefficient (Wildman–Crippen LogP) is -3.37. The molecule has 0 aromatic rings. The van der Waals surface area contributed by atoms with Gasteiger partial charge in [0.15, 0.2) is 0 Å². The van der Waals surface area contributed by atoms with Gasteiger partial charge in [0.05, 0.1) is 6.04 Å². The van der Waals surface area contributed by atoms with E-state index in [-0.39, 0.29) is 19.3 Å². The molecule has 0 saturated carbocycles. The normalized spacial score (nSPS) is 13.5. The Balaban J connectivity index is 4.81. The minimum absolute atomic E-state index is 0.0195. The van der Waals surface area contributed by atoms with E-state index in [2.05, 4.69) is 10.6 Å². The highest BCUT2D eigenvalue weighted by molar-refractivity contribution is 5.93. The summed E-state index contributed by atoms with van der Waals surface area (Å²) in [6.07, 6.45) is -0.875. The van der Waals surface area contributed by atoms with Gasteiger partial charge in [-0.1, -0.05) is 0 Å². The van der Waals surface area contributed by atoms with Gasteiger partial charge >= 0.3 is 11.9 Å². The molecule has 0 spiro atoms. The second kappa shape index (κ2) is 12.2. The number of carboxylic acid groups (broad SMARTS) is 2. The average molecular weight is 403 g/mol. The third kappa shape index (κ3) is 10.7. The van der Waals surface area contributed by atoms with Crippen molar-refractivity contribution in [3.63, 3.8) is 0 Å². The number of nitrogens with two attached hydrogens (primary N) is 2. The van der Waals surface area contributed by atoms with Crippen LogP contribution in [0.3, 0.4) is 0 Å². The van der Waals surface area contributed by atoms with Crippen molar-refractivity contribution in [3.05, 3.63) is 0 Å². The van der Waals surface area contributed by atoms with Crippen LogP contribution in [0.1, 0.15) is 32.6 Å². The molecule has 0 aliphatic heterocycles. The zero-order chi connectivity index (χ0) is 21.9. The van der Waals surface area contributed by atoms with Crippen LogP contribution in [-0.2, 0) is 28.8 Å². The molecule has 0 aliphatic rings. The monoisotopic (exact) mass is 403 g/mol. The molecule has 13 nitrogen and oxygen atoms in total. The fourth-order valence-electron chi connectivity index (χ4n) is 1.93. The molecule has 28 heavy (non-hydrogen) atoms. The van der Waals surface area contributed by atoms with Crippen molar-refractivity contribution >= 4 is 35.6 Å². The van der Waals surface area contributed by atoms with E-state index in [1.54, 1.807) is 0 Å². The Hall–Kier alpha value is -3.22. The van der Waals surface area contributed by atoms with Gasteiger partial charge in [0.2, 0.25) is 23.6 Å². The molecule has 3 unspecified atom stereocenters. The number of carbonyl (C=O) groups excluding carboxylic acids is 4. The molecular weight excluding hydrogens is 378 g/mol. The lowest BCUT2D eigenvalue weighted by atomic mass is 10.1. The van der Waals surface area contributed by atoms with Gasteiger partial charge in [-0.05, 0) is 19.8 Å². The van der Waals surface area contributed by atoms with Crippen molar-refractivity contribution in [1.82, 2.24) is 16.0 Å². The van der Waals surface area contributed by atoms with Crippen molar-refractivity contribution in [2.24, 2.45) is 11.5 Å². The number of carbonyl (C=O) groups is 6. The zero-order valence-electron chi connectivity index (χ0n) is 15.3. The second-order valence-electron chi connectivity index (χ2n) is 5.95. The molecule has 3 atom stereocenters. The Labute approximate surface area is 160 Å². The summed E-state index contributed by atoms with van der Waals surface area (Å²) in [5.41, 5.74) is 10.5. The molecule has 0 aromatic carbocycles. The fraction of sp³-hybridized carbons (Fsp3) is 0.600.